The van der Waals surface area contributed by atoms with E-state index in [1.807, 2.05) is 13.0 Å². The van der Waals surface area contributed by atoms with Gasteiger partial charge in [0.2, 0.25) is 5.91 Å². The van der Waals surface area contributed by atoms with E-state index in [4.69, 9.17) is 47.9 Å². The quantitative estimate of drug-likeness (QED) is 0.0607. The molecule has 6 heterocycles. The van der Waals surface area contributed by atoms with Gasteiger partial charge in [0.05, 0.1) is 90.7 Å². The van der Waals surface area contributed by atoms with Crippen LogP contribution in [-0.2, 0) is 55.7 Å². The molecule has 7 atom stereocenters. The number of fused-ring (bicyclic) bond motifs is 8. The lowest BCUT2D eigenvalue weighted by molar-refractivity contribution is -0.304. The molecule has 18 nitrogen and oxygen atoms in total. The van der Waals surface area contributed by atoms with Crippen molar-refractivity contribution in [1.82, 2.24) is 24.8 Å². The molecule has 0 spiro atoms. The first-order valence-electron chi connectivity index (χ1n) is 24.2. The van der Waals surface area contributed by atoms with Crippen LogP contribution in [0.3, 0.4) is 0 Å². The van der Waals surface area contributed by atoms with Crippen LogP contribution in [0.25, 0.3) is 33.7 Å². The summed E-state index contributed by atoms with van der Waals surface area (Å²) in [6.07, 6.45) is -3.34. The molecule has 6 N–H and O–H groups in total. The van der Waals surface area contributed by atoms with Crippen LogP contribution in [0.4, 0.5) is 0 Å². The van der Waals surface area contributed by atoms with Gasteiger partial charge in [0.15, 0.2) is 6.29 Å². The van der Waals surface area contributed by atoms with Gasteiger partial charge >= 0.3 is 0 Å². The van der Waals surface area contributed by atoms with Crippen molar-refractivity contribution in [2.24, 2.45) is 0 Å². The molecule has 3 aliphatic rings. The van der Waals surface area contributed by atoms with Gasteiger partial charge < -0.3 is 73.2 Å². The van der Waals surface area contributed by atoms with Crippen LogP contribution in [0.5, 0.6) is 0 Å². The molecule has 6 rings (SSSR count). The number of methoxy groups -OCH3 is 2. The number of ether oxygens (including phenoxy) is 8. The van der Waals surface area contributed by atoms with Gasteiger partial charge in [-0.3, -0.25) is 9.78 Å². The Morgan fingerprint density at radius 1 is 0.725 bits per heavy atom. The zero-order valence-electron chi connectivity index (χ0n) is 41.7. The lowest BCUT2D eigenvalue weighted by atomic mass is 9.85. The minimum atomic E-state index is -1.57. The molecule has 18 heteroatoms. The van der Waals surface area contributed by atoms with E-state index in [0.29, 0.717) is 85.6 Å². The summed E-state index contributed by atoms with van der Waals surface area (Å²) in [7, 11) is 3.26. The molecule has 3 aromatic heterocycles. The highest BCUT2D eigenvalue weighted by atomic mass is 16.7. The number of aliphatic hydroxyl groups excluding tert-OH is 4. The lowest BCUT2D eigenvalue weighted by Crippen LogP contribution is -2.59. The van der Waals surface area contributed by atoms with Crippen LogP contribution in [0.15, 0.2) is 18.2 Å². The predicted molar refractivity (Wildman–Crippen MR) is 261 cm³/mol. The maximum atomic E-state index is 14.2. The lowest BCUT2D eigenvalue weighted by Gasteiger charge is -2.39. The van der Waals surface area contributed by atoms with Crippen LogP contribution in [-0.4, -0.2) is 182 Å². The second kappa shape index (κ2) is 26.3. The van der Waals surface area contributed by atoms with E-state index in [1.165, 1.54) is 0 Å². The van der Waals surface area contributed by atoms with Crippen LogP contribution in [0.2, 0.25) is 0 Å². The van der Waals surface area contributed by atoms with Crippen molar-refractivity contribution in [1.29, 1.82) is 0 Å². The Labute approximate surface area is 405 Å². The normalized spacial score (nSPS) is 21.5. The fraction of sp³-hybridized carbons (Fsp3) is 0.627. The Kier molecular flexibility index (Phi) is 20.7. The van der Waals surface area contributed by atoms with Crippen molar-refractivity contribution in [3.8, 4) is 0 Å². The maximum Gasteiger partial charge on any atom is 0.222 e. The molecule has 1 fully saturated rings. The monoisotopic (exact) mass is 966 g/mol. The van der Waals surface area contributed by atoms with Crippen molar-refractivity contribution < 1.29 is 63.1 Å². The zero-order valence-corrected chi connectivity index (χ0v) is 41.7. The number of nitrogens with one attached hydrogen (secondary N) is 2. The fourth-order valence-electron chi connectivity index (χ4n) is 9.09. The summed E-state index contributed by atoms with van der Waals surface area (Å²) >= 11 is 0. The number of aliphatic hydroxyl groups is 4. The number of allylic oxidation sites excluding steroid dienone is 1. The highest BCUT2D eigenvalue weighted by Crippen LogP contribution is 2.42. The first-order valence-corrected chi connectivity index (χ1v) is 24.2. The molecule has 382 valence electrons. The maximum absolute atomic E-state index is 14.2. The number of H-pyrrole nitrogens is 2. The zero-order chi connectivity index (χ0) is 49.6. The Bertz CT molecular complexity index is 2330. The third kappa shape index (κ3) is 13.6. The molecule has 69 heavy (non-hydrogen) atoms. The molecule has 1 saturated heterocycles. The number of carbonyl (C=O) groups is 1. The summed E-state index contributed by atoms with van der Waals surface area (Å²) in [6.45, 7) is 17.0. The number of rotatable bonds is 26. The number of aromatic amines is 2. The standard InChI is InChI=1S/C51H75N5O13/c1-9-35-31(3)41-27-44-37(29-68-51-50(61)49(60)48(59)45(28-57)69-51)33(5)40(54-44)26-42-32(4)36(47(55-42)34(6)39-24-30(2)38(52-39)25-43(35)53-41)10-11-46(58)56(12-14-64-20-22-66-18-16-62-7)13-15-65-21-23-67-19-17-63-8/h24-27,32,36,45,48-51,53-54,57,59-61H,9-23,28-29H2,1-8H3/t32-,36-,45+,48+,49-,50+,51+/m0/s1. The number of aryl methyl sites for hydroxylation is 3. The number of nitrogens with zero attached hydrogens (tertiary/aromatic N) is 3. The number of hydrogen-bond acceptors (Lipinski definition) is 15. The summed E-state index contributed by atoms with van der Waals surface area (Å²) in [5.41, 5.74) is 12.7. The molecule has 0 saturated carbocycles. The largest absolute Gasteiger partial charge is 0.394 e. The number of amides is 1. The van der Waals surface area contributed by atoms with E-state index in [9.17, 15) is 25.2 Å². The summed E-state index contributed by atoms with van der Waals surface area (Å²) < 4.78 is 44.8. The van der Waals surface area contributed by atoms with Gasteiger partial charge in [-0.15, -0.1) is 0 Å². The van der Waals surface area contributed by atoms with Gasteiger partial charge in [-0.05, 0) is 92.6 Å². The van der Waals surface area contributed by atoms with E-state index in [2.05, 4.69) is 62.8 Å². The van der Waals surface area contributed by atoms with Gasteiger partial charge in [-0.2, -0.15) is 0 Å². The Morgan fingerprint density at radius 2 is 1.30 bits per heavy atom. The summed E-state index contributed by atoms with van der Waals surface area (Å²) in [6, 6.07) is 6.20. The smallest absolute Gasteiger partial charge is 0.222 e. The second-order valence-electron chi connectivity index (χ2n) is 17.9. The van der Waals surface area contributed by atoms with Gasteiger partial charge in [-0.25, -0.2) is 4.98 Å². The first kappa shape index (κ1) is 54.2. The number of aromatic nitrogens is 4. The molecule has 0 aliphatic carbocycles. The number of hydrogen-bond donors (Lipinski definition) is 6. The van der Waals surface area contributed by atoms with Gasteiger partial charge in [-0.1, -0.05) is 13.8 Å². The average Bonchev–Trinajstić information content (AvgIpc) is 4.05. The van der Waals surface area contributed by atoms with Crippen molar-refractivity contribution in [3.05, 3.63) is 68.8 Å². The minimum absolute atomic E-state index is 0.00864. The van der Waals surface area contributed by atoms with E-state index in [1.54, 1.807) is 19.1 Å². The van der Waals surface area contributed by atoms with Crippen molar-refractivity contribution in [2.45, 2.75) is 110 Å². The van der Waals surface area contributed by atoms with Crippen molar-refractivity contribution >= 4 is 39.6 Å². The molecule has 0 radical (unpaired) electrons. The Morgan fingerprint density at radius 3 is 1.91 bits per heavy atom. The van der Waals surface area contributed by atoms with Crippen LogP contribution in [0, 0.1) is 20.8 Å². The second-order valence-corrected chi connectivity index (χ2v) is 17.9. The van der Waals surface area contributed by atoms with E-state index < -0.39 is 37.3 Å². The van der Waals surface area contributed by atoms with E-state index in [-0.39, 0.29) is 30.8 Å². The molecular weight excluding hydrogens is 891 g/mol. The molecule has 0 aromatic carbocycles. The fourth-order valence-corrected chi connectivity index (χ4v) is 9.09. The number of carbonyl (C=O) groups excluding carboxylic acids is 1. The Hall–Kier alpha value is -4.15. The average molecular weight is 966 g/mol. The summed E-state index contributed by atoms with van der Waals surface area (Å²) in [5.74, 6) is -0.204. The van der Waals surface area contributed by atoms with Crippen molar-refractivity contribution in [3.63, 3.8) is 0 Å². The van der Waals surface area contributed by atoms with Crippen LogP contribution >= 0.6 is 0 Å². The van der Waals surface area contributed by atoms with Gasteiger partial charge in [0.1, 0.15) is 24.4 Å². The Balaban J connectivity index is 1.33. The third-order valence-electron chi connectivity index (χ3n) is 13.4. The predicted octanol–water partition coefficient (Wildman–Crippen LogP) is 4.53. The highest BCUT2D eigenvalue weighted by Gasteiger charge is 2.44. The molecule has 0 unspecified atom stereocenters. The van der Waals surface area contributed by atoms with E-state index in [0.717, 1.165) is 84.7 Å². The minimum Gasteiger partial charge on any atom is -0.394 e. The van der Waals surface area contributed by atoms with E-state index >= 15 is 0 Å². The van der Waals surface area contributed by atoms with Gasteiger partial charge in [0.25, 0.3) is 0 Å². The molecule has 3 aromatic rings. The molecular formula is C51H75N5O13. The molecule has 3 aliphatic heterocycles. The summed E-state index contributed by atoms with van der Waals surface area (Å²) in [4.78, 5) is 33.8. The molecule has 8 bridgehead atoms. The topological polar surface area (TPSA) is 232 Å². The highest BCUT2D eigenvalue weighted by molar-refractivity contribution is 5.85. The van der Waals surface area contributed by atoms with Crippen molar-refractivity contribution in [2.75, 3.05) is 100.0 Å². The van der Waals surface area contributed by atoms with Crippen LogP contribution < -0.4 is 0 Å². The third-order valence-corrected chi connectivity index (χ3v) is 13.4. The van der Waals surface area contributed by atoms with Crippen LogP contribution in [0.1, 0.15) is 96.0 Å². The summed E-state index contributed by atoms with van der Waals surface area (Å²) in [5, 5.41) is 41.6. The van der Waals surface area contributed by atoms with Gasteiger partial charge in [0, 0.05) is 84.6 Å². The SMILES string of the molecule is CCc1c(C)c2cc3[nH]c(cc4nc(c(C)c5nc(cc1[nH]2)C(C)=C5)[C@@H](CCC(=O)N(CCOCCOCCOC)CCOCCOCCOC)[C@@H]4C)c(C)c3CO[C@@H]1O[C@H](CO)[C@@H](O)[C@H](O)[C@H]1O. The first-order chi connectivity index (χ1) is 33.3. The molecule has 1 amide bonds.